The summed E-state index contributed by atoms with van der Waals surface area (Å²) >= 11 is 0. The van der Waals surface area contributed by atoms with Gasteiger partial charge < -0.3 is 10.4 Å². The van der Waals surface area contributed by atoms with Crippen LogP contribution in [0.4, 0.5) is 5.69 Å². The molecule has 2 rings (SSSR count). The maximum Gasteiger partial charge on any atom is 0.336 e. The highest BCUT2D eigenvalue weighted by Crippen LogP contribution is 2.30. The third kappa shape index (κ3) is 2.07. The van der Waals surface area contributed by atoms with Crippen LogP contribution in [0.5, 0.6) is 0 Å². The lowest BCUT2D eigenvalue weighted by atomic mass is 9.95. The molecule has 0 bridgehead atoms. The minimum atomic E-state index is -0.900. The van der Waals surface area contributed by atoms with Crippen LogP contribution < -0.4 is 5.32 Å². The smallest absolute Gasteiger partial charge is 0.336 e. The van der Waals surface area contributed by atoms with E-state index in [-0.39, 0.29) is 0 Å². The highest BCUT2D eigenvalue weighted by molar-refractivity contribution is 5.99. The summed E-state index contributed by atoms with van der Waals surface area (Å²) < 4.78 is 0. The maximum atomic E-state index is 11.5. The number of carbonyl (C=O) groups is 1. The van der Waals surface area contributed by atoms with E-state index in [2.05, 4.69) is 5.32 Å². The van der Waals surface area contributed by atoms with E-state index >= 15 is 0 Å². The molecule has 3 heteroatoms. The van der Waals surface area contributed by atoms with E-state index in [1.165, 1.54) is 0 Å². The predicted molar refractivity (Wildman–Crippen MR) is 73.1 cm³/mol. The number of rotatable bonds is 3. The van der Waals surface area contributed by atoms with E-state index < -0.39 is 5.97 Å². The molecule has 3 nitrogen and oxygen atoms in total. The Morgan fingerprint density at radius 2 is 1.78 bits per heavy atom. The van der Waals surface area contributed by atoms with E-state index in [4.69, 9.17) is 0 Å². The van der Waals surface area contributed by atoms with E-state index in [1.807, 2.05) is 49.4 Å². The summed E-state index contributed by atoms with van der Waals surface area (Å²) in [5, 5.41) is 12.4. The quantitative estimate of drug-likeness (QED) is 0.865. The minimum Gasteiger partial charge on any atom is -0.478 e. The van der Waals surface area contributed by atoms with Crippen molar-refractivity contribution in [1.82, 2.24) is 0 Å². The zero-order valence-corrected chi connectivity index (χ0v) is 10.4. The SMILES string of the molecule is CNc1ccc(-c2ccccc2)c(C(=O)O)c1C. The van der Waals surface area contributed by atoms with Gasteiger partial charge in [0.2, 0.25) is 0 Å². The summed E-state index contributed by atoms with van der Waals surface area (Å²) in [6.07, 6.45) is 0. The zero-order valence-electron chi connectivity index (χ0n) is 10.4. The number of hydrogen-bond acceptors (Lipinski definition) is 2. The molecular weight excluding hydrogens is 226 g/mol. The Morgan fingerprint density at radius 1 is 1.11 bits per heavy atom. The molecule has 2 N–H and O–H groups in total. The molecule has 2 aromatic rings. The molecule has 0 spiro atoms. The van der Waals surface area contributed by atoms with Crippen LogP contribution in [-0.4, -0.2) is 18.1 Å². The van der Waals surface area contributed by atoms with Crippen molar-refractivity contribution in [3.63, 3.8) is 0 Å². The van der Waals surface area contributed by atoms with Crippen molar-refractivity contribution in [3.8, 4) is 11.1 Å². The highest BCUT2D eigenvalue weighted by atomic mass is 16.4. The molecule has 18 heavy (non-hydrogen) atoms. The van der Waals surface area contributed by atoms with Gasteiger partial charge in [-0.15, -0.1) is 0 Å². The molecule has 2 aromatic carbocycles. The Kier molecular flexibility index (Phi) is 3.33. The summed E-state index contributed by atoms with van der Waals surface area (Å²) in [6.45, 7) is 1.82. The standard InChI is InChI=1S/C15H15NO2/c1-10-13(16-2)9-8-12(14(10)15(17)18)11-6-4-3-5-7-11/h3-9,16H,1-2H3,(H,17,18). The van der Waals surface area contributed by atoms with Crippen molar-refractivity contribution in [3.05, 3.63) is 53.6 Å². The molecule has 0 aliphatic carbocycles. The Bertz CT molecular complexity index is 577. The first kappa shape index (κ1) is 12.2. The monoisotopic (exact) mass is 241 g/mol. The van der Waals surface area contributed by atoms with Crippen molar-refractivity contribution in [1.29, 1.82) is 0 Å². The van der Waals surface area contributed by atoms with Gasteiger partial charge in [0.15, 0.2) is 0 Å². The lowest BCUT2D eigenvalue weighted by molar-refractivity contribution is 0.0697. The van der Waals surface area contributed by atoms with Crippen LogP contribution in [-0.2, 0) is 0 Å². The second-order valence-electron chi connectivity index (χ2n) is 4.08. The normalized spacial score (nSPS) is 10.1. The average Bonchev–Trinajstić information content (AvgIpc) is 2.39. The molecule has 92 valence electrons. The topological polar surface area (TPSA) is 49.3 Å². The molecule has 0 saturated heterocycles. The molecule has 0 aromatic heterocycles. The van der Waals surface area contributed by atoms with E-state index in [0.29, 0.717) is 5.56 Å². The van der Waals surface area contributed by atoms with Gasteiger partial charge in [-0.1, -0.05) is 36.4 Å². The van der Waals surface area contributed by atoms with Crippen molar-refractivity contribution in [2.45, 2.75) is 6.92 Å². The fraction of sp³-hybridized carbons (Fsp3) is 0.133. The van der Waals surface area contributed by atoms with E-state index in [0.717, 1.165) is 22.4 Å². The lowest BCUT2D eigenvalue weighted by Crippen LogP contribution is -2.05. The summed E-state index contributed by atoms with van der Waals surface area (Å²) in [7, 11) is 1.79. The second kappa shape index (κ2) is 4.92. The Morgan fingerprint density at radius 3 is 2.33 bits per heavy atom. The first-order valence-corrected chi connectivity index (χ1v) is 5.75. The van der Waals surface area contributed by atoms with Gasteiger partial charge in [-0.25, -0.2) is 4.79 Å². The summed E-state index contributed by atoms with van der Waals surface area (Å²) in [5.41, 5.74) is 3.62. The minimum absolute atomic E-state index is 0.355. The van der Waals surface area contributed by atoms with E-state index in [9.17, 15) is 9.90 Å². The number of nitrogens with one attached hydrogen (secondary N) is 1. The van der Waals surface area contributed by atoms with Crippen LogP contribution in [0.15, 0.2) is 42.5 Å². The zero-order chi connectivity index (χ0) is 13.1. The Balaban J connectivity index is 2.69. The van der Waals surface area contributed by atoms with Crippen molar-refractivity contribution in [2.24, 2.45) is 0 Å². The largest absolute Gasteiger partial charge is 0.478 e. The van der Waals surface area contributed by atoms with Crippen LogP contribution >= 0.6 is 0 Å². The molecule has 0 amide bonds. The molecule has 0 unspecified atom stereocenters. The first-order valence-electron chi connectivity index (χ1n) is 5.75. The molecule has 0 aliphatic rings. The van der Waals surface area contributed by atoms with Crippen molar-refractivity contribution in [2.75, 3.05) is 12.4 Å². The average molecular weight is 241 g/mol. The van der Waals surface area contributed by atoms with Gasteiger partial charge >= 0.3 is 5.97 Å². The second-order valence-corrected chi connectivity index (χ2v) is 4.08. The highest BCUT2D eigenvalue weighted by Gasteiger charge is 2.16. The molecule has 0 atom stereocenters. The fourth-order valence-electron chi connectivity index (χ4n) is 2.12. The van der Waals surface area contributed by atoms with Crippen LogP contribution in [0.25, 0.3) is 11.1 Å². The van der Waals surface area contributed by atoms with Crippen molar-refractivity contribution < 1.29 is 9.90 Å². The Hall–Kier alpha value is -2.29. The number of carboxylic acid groups (broad SMARTS) is 1. The van der Waals surface area contributed by atoms with Gasteiger partial charge in [-0.05, 0) is 29.7 Å². The Labute approximate surface area is 106 Å². The number of benzene rings is 2. The van der Waals surface area contributed by atoms with Crippen LogP contribution in [0.1, 0.15) is 15.9 Å². The fourth-order valence-corrected chi connectivity index (χ4v) is 2.12. The molecule has 0 fully saturated rings. The van der Waals surface area contributed by atoms with Crippen LogP contribution in [0.3, 0.4) is 0 Å². The molecule has 0 aliphatic heterocycles. The first-order chi connectivity index (χ1) is 8.65. The molecule has 0 heterocycles. The van der Waals surface area contributed by atoms with Crippen LogP contribution in [0.2, 0.25) is 0 Å². The number of anilines is 1. The van der Waals surface area contributed by atoms with Crippen LogP contribution in [0, 0.1) is 6.92 Å². The summed E-state index contributed by atoms with van der Waals surface area (Å²) in [6, 6.07) is 13.3. The predicted octanol–water partition coefficient (Wildman–Crippen LogP) is 3.40. The van der Waals surface area contributed by atoms with Crippen molar-refractivity contribution >= 4 is 11.7 Å². The number of hydrogen-bond donors (Lipinski definition) is 2. The number of carboxylic acids is 1. The van der Waals surface area contributed by atoms with Gasteiger partial charge in [-0.3, -0.25) is 0 Å². The van der Waals surface area contributed by atoms with Gasteiger partial charge in [0.25, 0.3) is 0 Å². The van der Waals surface area contributed by atoms with Gasteiger partial charge in [0.1, 0.15) is 0 Å². The maximum absolute atomic E-state index is 11.5. The number of aromatic carboxylic acids is 1. The van der Waals surface area contributed by atoms with Gasteiger partial charge in [-0.2, -0.15) is 0 Å². The summed E-state index contributed by atoms with van der Waals surface area (Å²) in [4.78, 5) is 11.5. The third-order valence-corrected chi connectivity index (χ3v) is 3.03. The third-order valence-electron chi connectivity index (χ3n) is 3.03. The molecule has 0 radical (unpaired) electrons. The van der Waals surface area contributed by atoms with Gasteiger partial charge in [0, 0.05) is 12.7 Å². The molecular formula is C15H15NO2. The lowest BCUT2D eigenvalue weighted by Gasteiger charge is -2.13. The van der Waals surface area contributed by atoms with Gasteiger partial charge in [0.05, 0.1) is 5.56 Å². The van der Waals surface area contributed by atoms with E-state index in [1.54, 1.807) is 7.05 Å². The summed E-state index contributed by atoms with van der Waals surface area (Å²) in [5.74, 6) is -0.900. The molecule has 0 saturated carbocycles.